The summed E-state index contributed by atoms with van der Waals surface area (Å²) in [5.41, 5.74) is 0. The van der Waals surface area contributed by atoms with Gasteiger partial charge >= 0.3 is 5.97 Å². The Morgan fingerprint density at radius 2 is 2.33 bits per heavy atom. The molecule has 1 atom stereocenters. The molecule has 0 fully saturated rings. The third-order valence-electron chi connectivity index (χ3n) is 1.41. The van der Waals surface area contributed by atoms with Crippen molar-refractivity contribution < 1.29 is 14.3 Å². The van der Waals surface area contributed by atoms with Gasteiger partial charge in [-0.05, 0) is 6.42 Å². The summed E-state index contributed by atoms with van der Waals surface area (Å²) in [7, 11) is 1.35. The van der Waals surface area contributed by atoms with Crippen LogP contribution in [0.1, 0.15) is 19.8 Å². The SMILES string of the molecule is C#CC(CC)OCCC(=O)OC. The van der Waals surface area contributed by atoms with E-state index in [0.29, 0.717) is 6.61 Å². The molecule has 0 saturated carbocycles. The summed E-state index contributed by atoms with van der Waals surface area (Å²) in [6.07, 6.45) is 5.98. The van der Waals surface area contributed by atoms with Crippen molar-refractivity contribution in [2.24, 2.45) is 0 Å². The van der Waals surface area contributed by atoms with Crippen LogP contribution in [0.15, 0.2) is 0 Å². The average Bonchev–Trinajstić information content (AvgIpc) is 2.12. The number of carbonyl (C=O) groups excluding carboxylic acids is 1. The average molecular weight is 170 g/mol. The smallest absolute Gasteiger partial charge is 0.307 e. The maximum atomic E-state index is 10.6. The quantitative estimate of drug-likeness (QED) is 0.455. The van der Waals surface area contributed by atoms with Crippen LogP contribution in [0, 0.1) is 12.3 Å². The van der Waals surface area contributed by atoms with Crippen molar-refractivity contribution in [3.8, 4) is 12.3 Å². The first-order valence-corrected chi connectivity index (χ1v) is 3.89. The van der Waals surface area contributed by atoms with Gasteiger partial charge in [-0.3, -0.25) is 4.79 Å². The molecule has 12 heavy (non-hydrogen) atoms. The highest BCUT2D eigenvalue weighted by Gasteiger charge is 2.04. The Morgan fingerprint density at radius 3 is 2.75 bits per heavy atom. The lowest BCUT2D eigenvalue weighted by atomic mass is 10.3. The number of terminal acetylenes is 1. The van der Waals surface area contributed by atoms with Crippen LogP contribution in [0.25, 0.3) is 0 Å². The molecule has 1 unspecified atom stereocenters. The third kappa shape index (κ3) is 4.75. The van der Waals surface area contributed by atoms with Gasteiger partial charge in [0.1, 0.15) is 6.10 Å². The van der Waals surface area contributed by atoms with Gasteiger partial charge in [-0.25, -0.2) is 0 Å². The minimum atomic E-state index is -0.276. The molecule has 0 amide bonds. The molecule has 0 aliphatic carbocycles. The van der Waals surface area contributed by atoms with Gasteiger partial charge in [0.05, 0.1) is 20.1 Å². The molecule has 0 N–H and O–H groups in total. The fourth-order valence-corrected chi connectivity index (χ4v) is 0.670. The summed E-state index contributed by atoms with van der Waals surface area (Å²) in [5, 5.41) is 0. The maximum Gasteiger partial charge on any atom is 0.307 e. The lowest BCUT2D eigenvalue weighted by molar-refractivity contribution is -0.142. The molecule has 0 spiro atoms. The molecular formula is C9H14O3. The molecule has 0 heterocycles. The van der Waals surface area contributed by atoms with Crippen LogP contribution in [0.4, 0.5) is 0 Å². The number of hydrogen-bond donors (Lipinski definition) is 0. The number of methoxy groups -OCH3 is 1. The first kappa shape index (κ1) is 11.0. The number of hydrogen-bond acceptors (Lipinski definition) is 3. The van der Waals surface area contributed by atoms with Gasteiger partial charge in [0.15, 0.2) is 0 Å². The highest BCUT2D eigenvalue weighted by molar-refractivity contribution is 5.69. The fraction of sp³-hybridized carbons (Fsp3) is 0.667. The van der Waals surface area contributed by atoms with Gasteiger partial charge in [0.25, 0.3) is 0 Å². The van der Waals surface area contributed by atoms with Gasteiger partial charge in [-0.1, -0.05) is 12.8 Å². The second-order valence-electron chi connectivity index (χ2n) is 2.26. The summed E-state index contributed by atoms with van der Waals surface area (Å²) in [6.45, 7) is 2.26. The van der Waals surface area contributed by atoms with Crippen LogP contribution in [0.3, 0.4) is 0 Å². The summed E-state index contributed by atoms with van der Waals surface area (Å²) in [5.74, 6) is 2.19. The number of esters is 1. The summed E-state index contributed by atoms with van der Waals surface area (Å²) in [6, 6.07) is 0. The zero-order chi connectivity index (χ0) is 9.40. The largest absolute Gasteiger partial charge is 0.469 e. The van der Waals surface area contributed by atoms with Crippen LogP contribution < -0.4 is 0 Å². The van der Waals surface area contributed by atoms with Crippen LogP contribution in [-0.2, 0) is 14.3 Å². The lowest BCUT2D eigenvalue weighted by Gasteiger charge is -2.08. The summed E-state index contributed by atoms with van der Waals surface area (Å²) >= 11 is 0. The Morgan fingerprint density at radius 1 is 1.67 bits per heavy atom. The molecule has 3 nitrogen and oxygen atoms in total. The van der Waals surface area contributed by atoms with E-state index in [4.69, 9.17) is 11.2 Å². The molecule has 0 saturated heterocycles. The van der Waals surface area contributed by atoms with E-state index in [1.54, 1.807) is 0 Å². The van der Waals surface area contributed by atoms with E-state index in [2.05, 4.69) is 10.7 Å². The van der Waals surface area contributed by atoms with Gasteiger partial charge in [0, 0.05) is 0 Å². The topological polar surface area (TPSA) is 35.5 Å². The predicted octanol–water partition coefficient (Wildman–Crippen LogP) is 0.978. The molecule has 0 aromatic heterocycles. The normalized spacial score (nSPS) is 11.8. The second-order valence-corrected chi connectivity index (χ2v) is 2.26. The first-order chi connectivity index (χ1) is 5.74. The van der Waals surface area contributed by atoms with Crippen molar-refractivity contribution in [1.82, 2.24) is 0 Å². The van der Waals surface area contributed by atoms with Gasteiger partial charge in [0.2, 0.25) is 0 Å². The maximum absolute atomic E-state index is 10.6. The monoisotopic (exact) mass is 170 g/mol. The van der Waals surface area contributed by atoms with E-state index in [9.17, 15) is 4.79 Å². The first-order valence-electron chi connectivity index (χ1n) is 3.89. The third-order valence-corrected chi connectivity index (χ3v) is 1.41. The molecular weight excluding hydrogens is 156 g/mol. The molecule has 0 aromatic rings. The molecule has 68 valence electrons. The van der Waals surface area contributed by atoms with Crippen molar-refractivity contribution in [3.05, 3.63) is 0 Å². The minimum Gasteiger partial charge on any atom is -0.469 e. The fourth-order valence-electron chi connectivity index (χ4n) is 0.670. The van der Waals surface area contributed by atoms with Crippen molar-refractivity contribution in [1.29, 1.82) is 0 Å². The summed E-state index contributed by atoms with van der Waals surface area (Å²) in [4.78, 5) is 10.6. The Bertz CT molecular complexity index is 169. The van der Waals surface area contributed by atoms with E-state index in [-0.39, 0.29) is 18.5 Å². The number of carbonyl (C=O) groups is 1. The number of rotatable bonds is 5. The van der Waals surface area contributed by atoms with Gasteiger partial charge < -0.3 is 9.47 Å². The highest BCUT2D eigenvalue weighted by atomic mass is 16.5. The molecule has 0 rings (SSSR count). The highest BCUT2D eigenvalue weighted by Crippen LogP contribution is 1.97. The van der Waals surface area contributed by atoms with Gasteiger partial charge in [-0.15, -0.1) is 6.42 Å². The standard InChI is InChI=1S/C9H14O3/c1-4-8(5-2)12-7-6-9(10)11-3/h1,8H,5-7H2,2-3H3. The summed E-state index contributed by atoms with van der Waals surface area (Å²) < 4.78 is 9.60. The molecule has 0 aliphatic rings. The zero-order valence-electron chi connectivity index (χ0n) is 7.50. The van der Waals surface area contributed by atoms with Crippen molar-refractivity contribution in [2.75, 3.05) is 13.7 Å². The van der Waals surface area contributed by atoms with Gasteiger partial charge in [-0.2, -0.15) is 0 Å². The van der Waals surface area contributed by atoms with Crippen LogP contribution in [0.5, 0.6) is 0 Å². The Labute approximate surface area is 73.0 Å². The lowest BCUT2D eigenvalue weighted by Crippen LogP contribution is -2.13. The van der Waals surface area contributed by atoms with Crippen molar-refractivity contribution in [3.63, 3.8) is 0 Å². The van der Waals surface area contributed by atoms with Crippen LogP contribution in [0.2, 0.25) is 0 Å². The van der Waals surface area contributed by atoms with E-state index in [1.807, 2.05) is 6.92 Å². The van der Waals surface area contributed by atoms with E-state index >= 15 is 0 Å². The Balaban J connectivity index is 3.43. The molecule has 3 heteroatoms. The molecule has 0 radical (unpaired) electrons. The van der Waals surface area contributed by atoms with Crippen molar-refractivity contribution >= 4 is 5.97 Å². The van der Waals surface area contributed by atoms with E-state index in [0.717, 1.165) is 6.42 Å². The van der Waals surface area contributed by atoms with Crippen LogP contribution >= 0.6 is 0 Å². The number of ether oxygens (including phenoxy) is 2. The predicted molar refractivity (Wildman–Crippen MR) is 45.5 cm³/mol. The Hall–Kier alpha value is -1.01. The molecule has 0 bridgehead atoms. The Kier molecular flexibility index (Phi) is 6.12. The molecule has 0 aliphatic heterocycles. The van der Waals surface area contributed by atoms with Crippen molar-refractivity contribution in [2.45, 2.75) is 25.9 Å². The second kappa shape index (κ2) is 6.68. The minimum absolute atomic E-state index is 0.186. The van der Waals surface area contributed by atoms with Crippen LogP contribution in [-0.4, -0.2) is 25.8 Å². The zero-order valence-corrected chi connectivity index (χ0v) is 7.50. The molecule has 0 aromatic carbocycles. The van der Waals surface area contributed by atoms with E-state index < -0.39 is 0 Å². The van der Waals surface area contributed by atoms with E-state index in [1.165, 1.54) is 7.11 Å².